The number of benzene rings is 2. The number of nitrogen functional groups attached to an aromatic ring is 1. The highest BCUT2D eigenvalue weighted by Gasteiger charge is 2.53. The quantitative estimate of drug-likeness (QED) is 0.698. The fourth-order valence-corrected chi connectivity index (χ4v) is 3.33. The first-order chi connectivity index (χ1) is 12.6. The summed E-state index contributed by atoms with van der Waals surface area (Å²) < 4.78 is 5.75. The summed E-state index contributed by atoms with van der Waals surface area (Å²) in [5.74, 6) is 0. The van der Waals surface area contributed by atoms with Gasteiger partial charge in [0, 0.05) is 17.6 Å². The van der Waals surface area contributed by atoms with E-state index in [1.807, 2.05) is 63.2 Å². The molecule has 3 rings (SSSR count). The Labute approximate surface area is 160 Å². The molecule has 1 saturated carbocycles. The van der Waals surface area contributed by atoms with Crippen molar-refractivity contribution in [1.29, 1.82) is 0 Å². The Kier molecular flexibility index (Phi) is 4.91. The number of ether oxygens (including phenoxy) is 1. The summed E-state index contributed by atoms with van der Waals surface area (Å²) in [5, 5.41) is 14.6. The number of hydrogen-bond acceptors (Lipinski definition) is 4. The number of rotatable bonds is 5. The van der Waals surface area contributed by atoms with Crippen LogP contribution in [0.15, 0.2) is 54.6 Å². The third-order valence-electron chi connectivity index (χ3n) is 4.79. The summed E-state index contributed by atoms with van der Waals surface area (Å²) in [4.78, 5) is 12.3. The van der Waals surface area contributed by atoms with Gasteiger partial charge in [-0.15, -0.1) is 0 Å². The van der Waals surface area contributed by atoms with Crippen molar-refractivity contribution in [1.82, 2.24) is 5.32 Å². The molecule has 144 valence electrons. The molecule has 0 bridgehead atoms. The van der Waals surface area contributed by atoms with Gasteiger partial charge in [0.05, 0.1) is 0 Å². The first-order valence-electron chi connectivity index (χ1n) is 9.27. The van der Waals surface area contributed by atoms with Crippen molar-refractivity contribution in [2.24, 2.45) is 0 Å². The average molecular weight is 368 g/mol. The average Bonchev–Trinajstić information content (AvgIpc) is 3.32. The first-order valence-corrected chi connectivity index (χ1v) is 9.27. The van der Waals surface area contributed by atoms with Gasteiger partial charge in [0.25, 0.3) is 0 Å². The number of alkyl carbamates (subject to hydrolysis) is 1. The monoisotopic (exact) mass is 368 g/mol. The zero-order valence-corrected chi connectivity index (χ0v) is 16.2. The highest BCUT2D eigenvalue weighted by Crippen LogP contribution is 2.50. The molecule has 5 nitrogen and oxygen atoms in total. The van der Waals surface area contributed by atoms with Gasteiger partial charge in [-0.1, -0.05) is 42.5 Å². The van der Waals surface area contributed by atoms with E-state index in [-0.39, 0.29) is 12.0 Å². The molecule has 1 atom stereocenters. The lowest BCUT2D eigenvalue weighted by Crippen LogP contribution is -2.44. The first kappa shape index (κ1) is 19.2. The molecular weight excluding hydrogens is 340 g/mol. The van der Waals surface area contributed by atoms with Crippen molar-refractivity contribution in [2.75, 3.05) is 5.73 Å². The Morgan fingerprint density at radius 3 is 2.30 bits per heavy atom. The summed E-state index contributed by atoms with van der Waals surface area (Å²) in [6.45, 7) is 5.71. The zero-order chi connectivity index (χ0) is 19.7. The minimum Gasteiger partial charge on any atom is -0.443 e. The van der Waals surface area contributed by atoms with E-state index in [2.05, 4.69) is 5.32 Å². The van der Waals surface area contributed by atoms with Gasteiger partial charge in [-0.05, 0) is 56.9 Å². The van der Waals surface area contributed by atoms with Crippen molar-refractivity contribution in [3.8, 4) is 0 Å². The number of hydrogen-bond donors (Lipinski definition) is 3. The molecule has 1 amide bonds. The van der Waals surface area contributed by atoms with Crippen molar-refractivity contribution in [3.63, 3.8) is 0 Å². The van der Waals surface area contributed by atoms with Crippen LogP contribution in [0.2, 0.25) is 0 Å². The van der Waals surface area contributed by atoms with E-state index in [0.717, 1.165) is 18.4 Å². The van der Waals surface area contributed by atoms with Crippen LogP contribution in [0.3, 0.4) is 0 Å². The summed E-state index contributed by atoms with van der Waals surface area (Å²) in [6.07, 6.45) is 1.28. The molecule has 0 spiro atoms. The molecule has 1 fully saturated rings. The third kappa shape index (κ3) is 4.61. The van der Waals surface area contributed by atoms with E-state index >= 15 is 0 Å². The molecule has 2 aromatic carbocycles. The van der Waals surface area contributed by atoms with Crippen LogP contribution in [0.1, 0.15) is 51.2 Å². The lowest BCUT2D eigenvalue weighted by molar-refractivity contribution is -0.00572. The predicted molar refractivity (Wildman–Crippen MR) is 106 cm³/mol. The van der Waals surface area contributed by atoms with Gasteiger partial charge in [0.1, 0.15) is 11.2 Å². The lowest BCUT2D eigenvalue weighted by Gasteiger charge is -2.34. The summed E-state index contributed by atoms with van der Waals surface area (Å²) in [6, 6.07) is 16.7. The zero-order valence-electron chi connectivity index (χ0n) is 16.2. The van der Waals surface area contributed by atoms with E-state index in [1.165, 1.54) is 0 Å². The standard InChI is InChI=1S/C22H28N2O3/c1-20(2,3)24-19(25)27-21(12-13-21)15-22(26,16-8-5-4-6-9-16)17-10-7-11-18(23)14-17/h4-11,14,26H,12-13,15,23H2,1-3H3,(H,24,25). The molecular formula is C22H28N2O3. The lowest BCUT2D eigenvalue weighted by atomic mass is 9.81. The van der Waals surface area contributed by atoms with Gasteiger partial charge < -0.3 is 20.9 Å². The van der Waals surface area contributed by atoms with Crippen LogP contribution in [0, 0.1) is 0 Å². The maximum Gasteiger partial charge on any atom is 0.408 e. The maximum absolute atomic E-state index is 12.3. The fraction of sp³-hybridized carbons (Fsp3) is 0.409. The highest BCUT2D eigenvalue weighted by molar-refractivity contribution is 5.69. The Morgan fingerprint density at radius 1 is 1.11 bits per heavy atom. The SMILES string of the molecule is CC(C)(C)NC(=O)OC1(CC(O)(c2ccccc2)c2cccc(N)c2)CC1. The van der Waals surface area contributed by atoms with E-state index in [9.17, 15) is 9.90 Å². The van der Waals surface area contributed by atoms with E-state index in [0.29, 0.717) is 11.3 Å². The molecule has 0 aromatic heterocycles. The molecule has 0 heterocycles. The molecule has 0 aliphatic heterocycles. The van der Waals surface area contributed by atoms with Gasteiger partial charge in [-0.2, -0.15) is 0 Å². The van der Waals surface area contributed by atoms with Crippen molar-refractivity contribution >= 4 is 11.8 Å². The molecule has 0 saturated heterocycles. The predicted octanol–water partition coefficient (Wildman–Crippen LogP) is 3.95. The molecule has 27 heavy (non-hydrogen) atoms. The van der Waals surface area contributed by atoms with Crippen LogP contribution in [0.4, 0.5) is 10.5 Å². The van der Waals surface area contributed by atoms with Crippen molar-refractivity contribution in [2.45, 2.75) is 56.8 Å². The minimum absolute atomic E-state index is 0.283. The van der Waals surface area contributed by atoms with Crippen LogP contribution in [-0.2, 0) is 10.3 Å². The number of nitrogens with two attached hydrogens (primary N) is 1. The molecule has 1 aliphatic carbocycles. The van der Waals surface area contributed by atoms with Gasteiger partial charge in [-0.25, -0.2) is 4.79 Å². The van der Waals surface area contributed by atoms with Crippen LogP contribution in [0.5, 0.6) is 0 Å². The van der Waals surface area contributed by atoms with Crippen LogP contribution >= 0.6 is 0 Å². The second-order valence-corrected chi connectivity index (χ2v) is 8.48. The van der Waals surface area contributed by atoms with Crippen LogP contribution < -0.4 is 11.1 Å². The number of aliphatic hydroxyl groups is 1. The third-order valence-corrected chi connectivity index (χ3v) is 4.79. The Hall–Kier alpha value is -2.53. The molecule has 2 aromatic rings. The summed E-state index contributed by atoms with van der Waals surface area (Å²) >= 11 is 0. The van der Waals surface area contributed by atoms with Crippen LogP contribution in [-0.4, -0.2) is 22.3 Å². The van der Waals surface area contributed by atoms with Gasteiger partial charge in [0.2, 0.25) is 0 Å². The number of carbonyl (C=O) groups is 1. The maximum atomic E-state index is 12.3. The topological polar surface area (TPSA) is 84.6 Å². The van der Waals surface area contributed by atoms with Gasteiger partial charge in [0.15, 0.2) is 0 Å². The molecule has 1 aliphatic rings. The number of nitrogens with one attached hydrogen (secondary N) is 1. The summed E-state index contributed by atoms with van der Waals surface area (Å²) in [5.41, 5.74) is 5.63. The molecule has 4 N–H and O–H groups in total. The van der Waals surface area contributed by atoms with Crippen molar-refractivity contribution in [3.05, 3.63) is 65.7 Å². The van der Waals surface area contributed by atoms with E-state index in [1.54, 1.807) is 12.1 Å². The minimum atomic E-state index is -1.30. The smallest absolute Gasteiger partial charge is 0.408 e. The second-order valence-electron chi connectivity index (χ2n) is 8.48. The van der Waals surface area contributed by atoms with Gasteiger partial charge in [-0.3, -0.25) is 0 Å². The Bertz CT molecular complexity index is 810. The molecule has 1 unspecified atom stereocenters. The van der Waals surface area contributed by atoms with Gasteiger partial charge >= 0.3 is 6.09 Å². The largest absolute Gasteiger partial charge is 0.443 e. The molecule has 5 heteroatoms. The number of anilines is 1. The normalized spacial score (nSPS) is 17.6. The van der Waals surface area contributed by atoms with E-state index < -0.39 is 17.3 Å². The number of amides is 1. The fourth-order valence-electron chi connectivity index (χ4n) is 3.33. The van der Waals surface area contributed by atoms with E-state index in [4.69, 9.17) is 10.5 Å². The second kappa shape index (κ2) is 6.89. The summed E-state index contributed by atoms with van der Waals surface area (Å²) in [7, 11) is 0. The van der Waals surface area contributed by atoms with Crippen molar-refractivity contribution < 1.29 is 14.6 Å². The number of carbonyl (C=O) groups excluding carboxylic acids is 1. The Balaban J connectivity index is 1.90. The Morgan fingerprint density at radius 2 is 1.74 bits per heavy atom. The highest BCUT2D eigenvalue weighted by atomic mass is 16.6. The molecule has 0 radical (unpaired) electrons. The van der Waals surface area contributed by atoms with Crippen LogP contribution in [0.25, 0.3) is 0 Å².